The van der Waals surface area contributed by atoms with Gasteiger partial charge in [-0.1, -0.05) is 83.3 Å². The van der Waals surface area contributed by atoms with Crippen LogP contribution in [0.2, 0.25) is 0 Å². The van der Waals surface area contributed by atoms with Crippen LogP contribution >= 0.6 is 0 Å². The number of aryl methyl sites for hydroxylation is 1. The summed E-state index contributed by atoms with van der Waals surface area (Å²) in [7, 11) is 0. The first-order valence-corrected chi connectivity index (χ1v) is 10.4. The van der Waals surface area contributed by atoms with Gasteiger partial charge < -0.3 is 0 Å². The predicted molar refractivity (Wildman–Crippen MR) is 108 cm³/mol. The molecule has 0 atom stereocenters. The number of carbonyl (C=O) groups excluding carboxylic acids is 1. The van der Waals surface area contributed by atoms with Gasteiger partial charge in [0.1, 0.15) is 5.78 Å². The Kier molecular flexibility index (Phi) is 12.4. The van der Waals surface area contributed by atoms with Crippen molar-refractivity contribution in [2.45, 2.75) is 96.8 Å². The van der Waals surface area contributed by atoms with Crippen LogP contribution in [0.15, 0.2) is 24.3 Å². The fourth-order valence-corrected chi connectivity index (χ4v) is 3.18. The van der Waals surface area contributed by atoms with Crippen molar-refractivity contribution >= 4 is 11.5 Å². The van der Waals surface area contributed by atoms with Gasteiger partial charge in [0.05, 0.1) is 4.92 Å². The number of nitro groups is 1. The summed E-state index contributed by atoms with van der Waals surface area (Å²) in [5, 5.41) is 10.6. The van der Waals surface area contributed by atoms with Gasteiger partial charge in [0, 0.05) is 25.0 Å². The zero-order chi connectivity index (χ0) is 19.0. The maximum Gasteiger partial charge on any atom is 0.269 e. The number of ketones is 1. The van der Waals surface area contributed by atoms with Gasteiger partial charge in [-0.2, -0.15) is 0 Å². The van der Waals surface area contributed by atoms with E-state index in [9.17, 15) is 14.9 Å². The molecule has 0 saturated carbocycles. The molecule has 26 heavy (non-hydrogen) atoms. The lowest BCUT2D eigenvalue weighted by atomic mass is 10.0. The van der Waals surface area contributed by atoms with Gasteiger partial charge in [0.15, 0.2) is 0 Å². The van der Waals surface area contributed by atoms with Crippen molar-refractivity contribution in [2.24, 2.45) is 0 Å². The van der Waals surface area contributed by atoms with E-state index in [0.29, 0.717) is 25.0 Å². The molecular weight excluding hydrogens is 326 g/mol. The highest BCUT2D eigenvalue weighted by molar-refractivity contribution is 5.78. The second-order valence-corrected chi connectivity index (χ2v) is 7.25. The first-order chi connectivity index (χ1) is 12.6. The van der Waals surface area contributed by atoms with Crippen LogP contribution in [0.3, 0.4) is 0 Å². The van der Waals surface area contributed by atoms with Crippen LogP contribution in [0.5, 0.6) is 0 Å². The number of benzene rings is 1. The normalized spacial score (nSPS) is 10.8. The molecule has 1 aromatic rings. The minimum atomic E-state index is -0.401. The molecule has 4 heteroatoms. The van der Waals surface area contributed by atoms with Gasteiger partial charge in [-0.15, -0.1) is 0 Å². The molecule has 0 radical (unpaired) electrons. The second-order valence-electron chi connectivity index (χ2n) is 7.25. The summed E-state index contributed by atoms with van der Waals surface area (Å²) in [5.74, 6) is 0.305. The van der Waals surface area contributed by atoms with E-state index in [4.69, 9.17) is 0 Å². The molecule has 0 aliphatic rings. The van der Waals surface area contributed by atoms with E-state index >= 15 is 0 Å². The predicted octanol–water partition coefficient (Wildman–Crippen LogP) is 6.80. The summed E-state index contributed by atoms with van der Waals surface area (Å²) in [5.41, 5.74) is 1.09. The molecule has 0 bridgehead atoms. The lowest BCUT2D eigenvalue weighted by Crippen LogP contribution is -2.00. The molecular formula is C22H35NO3. The third kappa shape index (κ3) is 11.0. The van der Waals surface area contributed by atoms with E-state index in [0.717, 1.165) is 18.4 Å². The number of non-ortho nitro benzene ring substituents is 1. The smallest absolute Gasteiger partial charge is 0.269 e. The zero-order valence-corrected chi connectivity index (χ0v) is 16.4. The van der Waals surface area contributed by atoms with Gasteiger partial charge in [-0.3, -0.25) is 14.9 Å². The topological polar surface area (TPSA) is 60.2 Å². The van der Waals surface area contributed by atoms with Crippen LogP contribution in [0.1, 0.15) is 96.0 Å². The van der Waals surface area contributed by atoms with Gasteiger partial charge in [0.25, 0.3) is 5.69 Å². The van der Waals surface area contributed by atoms with E-state index in [2.05, 4.69) is 6.92 Å². The van der Waals surface area contributed by atoms with Crippen molar-refractivity contribution in [2.75, 3.05) is 0 Å². The van der Waals surface area contributed by atoms with E-state index < -0.39 is 4.92 Å². The van der Waals surface area contributed by atoms with Crippen LogP contribution in [0.4, 0.5) is 5.69 Å². The summed E-state index contributed by atoms with van der Waals surface area (Å²) in [6.45, 7) is 2.25. The van der Waals surface area contributed by atoms with Crippen molar-refractivity contribution in [3.63, 3.8) is 0 Å². The number of Topliss-reactive ketones (excluding diaryl/α,β-unsaturated/α-hetero) is 1. The highest BCUT2D eigenvalue weighted by Crippen LogP contribution is 2.15. The summed E-state index contributed by atoms with van der Waals surface area (Å²) in [6.07, 6.45) is 16.1. The number of unbranched alkanes of at least 4 members (excludes halogenated alkanes) is 10. The molecule has 1 aromatic carbocycles. The summed E-state index contributed by atoms with van der Waals surface area (Å²) >= 11 is 0. The van der Waals surface area contributed by atoms with Crippen molar-refractivity contribution < 1.29 is 9.72 Å². The van der Waals surface area contributed by atoms with Gasteiger partial charge >= 0.3 is 0 Å². The van der Waals surface area contributed by atoms with Crippen molar-refractivity contribution in [1.29, 1.82) is 0 Å². The second kappa shape index (κ2) is 14.5. The maximum atomic E-state index is 11.9. The van der Waals surface area contributed by atoms with Crippen LogP contribution in [0, 0.1) is 10.1 Å². The zero-order valence-electron chi connectivity index (χ0n) is 16.4. The molecule has 0 fully saturated rings. The number of hydrogen-bond donors (Lipinski definition) is 0. The molecule has 0 aliphatic carbocycles. The average Bonchev–Trinajstić information content (AvgIpc) is 2.64. The third-order valence-corrected chi connectivity index (χ3v) is 4.90. The van der Waals surface area contributed by atoms with Gasteiger partial charge in [0.2, 0.25) is 0 Å². The molecule has 0 saturated heterocycles. The largest absolute Gasteiger partial charge is 0.300 e. The fourth-order valence-electron chi connectivity index (χ4n) is 3.18. The monoisotopic (exact) mass is 361 g/mol. The van der Waals surface area contributed by atoms with Crippen molar-refractivity contribution in [3.8, 4) is 0 Å². The Labute approximate surface area is 158 Å². The lowest BCUT2D eigenvalue weighted by Gasteiger charge is -2.03. The summed E-state index contributed by atoms with van der Waals surface area (Å²) in [6, 6.07) is 6.49. The molecule has 0 aromatic heterocycles. The van der Waals surface area contributed by atoms with Crippen LogP contribution in [0.25, 0.3) is 0 Å². The Morgan fingerprint density at radius 3 is 1.81 bits per heavy atom. The highest BCUT2D eigenvalue weighted by Gasteiger charge is 2.06. The Morgan fingerprint density at radius 2 is 1.31 bits per heavy atom. The van der Waals surface area contributed by atoms with E-state index in [1.54, 1.807) is 12.1 Å². The maximum absolute atomic E-state index is 11.9. The molecule has 0 heterocycles. The quantitative estimate of drug-likeness (QED) is 0.185. The van der Waals surface area contributed by atoms with E-state index in [1.165, 1.54) is 69.9 Å². The van der Waals surface area contributed by atoms with Crippen molar-refractivity contribution in [1.82, 2.24) is 0 Å². The van der Waals surface area contributed by atoms with Gasteiger partial charge in [-0.25, -0.2) is 0 Å². The number of carbonyl (C=O) groups is 1. The average molecular weight is 362 g/mol. The molecule has 0 spiro atoms. The van der Waals surface area contributed by atoms with Crippen LogP contribution < -0.4 is 0 Å². The standard InChI is InChI=1S/C22H35NO3/c1-2-3-4-5-6-7-8-9-10-11-12-13-22(24)19-16-20-14-17-21(18-15-20)23(25)26/h14-15,17-18H,2-13,16,19H2,1H3. The minimum absolute atomic E-state index is 0.0982. The molecule has 0 unspecified atom stereocenters. The minimum Gasteiger partial charge on any atom is -0.300 e. The third-order valence-electron chi connectivity index (χ3n) is 4.90. The first kappa shape index (κ1) is 22.3. The summed E-state index contributed by atoms with van der Waals surface area (Å²) in [4.78, 5) is 22.2. The Morgan fingerprint density at radius 1 is 0.808 bits per heavy atom. The molecule has 146 valence electrons. The Bertz CT molecular complexity index is 511. The summed E-state index contributed by atoms with van der Waals surface area (Å²) < 4.78 is 0. The van der Waals surface area contributed by atoms with Crippen LogP contribution in [-0.4, -0.2) is 10.7 Å². The number of rotatable bonds is 16. The lowest BCUT2D eigenvalue weighted by molar-refractivity contribution is -0.384. The number of nitrogens with zero attached hydrogens (tertiary/aromatic N) is 1. The molecule has 0 N–H and O–H groups in total. The highest BCUT2D eigenvalue weighted by atomic mass is 16.6. The molecule has 0 amide bonds. The first-order valence-electron chi connectivity index (χ1n) is 10.4. The molecule has 4 nitrogen and oxygen atoms in total. The number of nitro benzene ring substituents is 1. The Balaban J connectivity index is 1.96. The van der Waals surface area contributed by atoms with Crippen LogP contribution in [-0.2, 0) is 11.2 Å². The molecule has 0 aliphatic heterocycles. The Hall–Kier alpha value is -1.71. The van der Waals surface area contributed by atoms with Crippen molar-refractivity contribution in [3.05, 3.63) is 39.9 Å². The van der Waals surface area contributed by atoms with Gasteiger partial charge in [-0.05, 0) is 18.4 Å². The van der Waals surface area contributed by atoms with E-state index in [-0.39, 0.29) is 5.69 Å². The fraction of sp³-hybridized carbons (Fsp3) is 0.682. The molecule has 1 rings (SSSR count). The SMILES string of the molecule is CCCCCCCCCCCCCC(=O)CCc1ccc([N+](=O)[O-])cc1. The number of hydrogen-bond acceptors (Lipinski definition) is 3. The van der Waals surface area contributed by atoms with E-state index in [1.807, 2.05) is 0 Å².